The number of imide groups is 1. The van der Waals surface area contributed by atoms with Gasteiger partial charge in [-0.1, -0.05) is 12.1 Å². The van der Waals surface area contributed by atoms with Gasteiger partial charge in [0.05, 0.1) is 7.11 Å². The zero-order valence-electron chi connectivity index (χ0n) is 11.2. The molecule has 1 aromatic rings. The van der Waals surface area contributed by atoms with E-state index in [1.165, 1.54) is 4.90 Å². The molecule has 1 fully saturated rings. The average Bonchev–Trinajstić information content (AvgIpc) is 2.44. The van der Waals surface area contributed by atoms with E-state index in [4.69, 9.17) is 4.74 Å². The van der Waals surface area contributed by atoms with E-state index >= 15 is 0 Å². The van der Waals surface area contributed by atoms with Crippen LogP contribution >= 0.6 is 0 Å². The number of nitrogens with one attached hydrogen (secondary N) is 1. The van der Waals surface area contributed by atoms with Crippen LogP contribution in [-0.2, 0) is 20.8 Å². The standard InChI is InChI=1S/C14H16N2O4/c1-20-11-4-2-3-10(7-11)5-6-14(19)16-8-12(17)15-13(18)9-16/h2-4,7H,5-6,8-9H2,1H3,(H,15,17,18). The number of carbonyl (C=O) groups is 3. The Kier molecular flexibility index (Phi) is 4.34. The smallest absolute Gasteiger partial charge is 0.246 e. The molecule has 106 valence electrons. The minimum absolute atomic E-state index is 0.0529. The zero-order valence-corrected chi connectivity index (χ0v) is 11.2. The highest BCUT2D eigenvalue weighted by Crippen LogP contribution is 2.14. The first kappa shape index (κ1) is 14.0. The average molecular weight is 276 g/mol. The van der Waals surface area contributed by atoms with E-state index in [-0.39, 0.29) is 25.4 Å². The van der Waals surface area contributed by atoms with Crippen molar-refractivity contribution in [3.8, 4) is 5.75 Å². The number of hydrogen-bond donors (Lipinski definition) is 1. The van der Waals surface area contributed by atoms with Crippen molar-refractivity contribution < 1.29 is 19.1 Å². The molecule has 1 saturated heterocycles. The lowest BCUT2D eigenvalue weighted by Crippen LogP contribution is -2.53. The summed E-state index contributed by atoms with van der Waals surface area (Å²) in [7, 11) is 1.59. The van der Waals surface area contributed by atoms with Crippen LogP contribution in [0, 0.1) is 0 Å². The monoisotopic (exact) mass is 276 g/mol. The molecule has 1 N–H and O–H groups in total. The second kappa shape index (κ2) is 6.18. The molecule has 20 heavy (non-hydrogen) atoms. The molecule has 1 aromatic carbocycles. The van der Waals surface area contributed by atoms with Crippen molar-refractivity contribution in [2.75, 3.05) is 20.2 Å². The van der Waals surface area contributed by atoms with Crippen molar-refractivity contribution in [2.24, 2.45) is 0 Å². The van der Waals surface area contributed by atoms with Crippen LogP contribution in [0.25, 0.3) is 0 Å². The third-order valence-electron chi connectivity index (χ3n) is 3.06. The molecule has 0 radical (unpaired) electrons. The third kappa shape index (κ3) is 3.57. The van der Waals surface area contributed by atoms with Gasteiger partial charge in [-0.25, -0.2) is 0 Å². The number of methoxy groups -OCH3 is 1. The SMILES string of the molecule is COc1cccc(CCC(=O)N2CC(=O)NC(=O)C2)c1. The summed E-state index contributed by atoms with van der Waals surface area (Å²) in [5.74, 6) is -0.328. The first-order valence-electron chi connectivity index (χ1n) is 6.32. The number of ether oxygens (including phenoxy) is 1. The maximum Gasteiger partial charge on any atom is 0.246 e. The van der Waals surface area contributed by atoms with Gasteiger partial charge in [-0.3, -0.25) is 19.7 Å². The Morgan fingerprint density at radius 2 is 2.00 bits per heavy atom. The Labute approximate surface area is 116 Å². The largest absolute Gasteiger partial charge is 0.497 e. The molecule has 0 saturated carbocycles. The molecule has 0 spiro atoms. The van der Waals surface area contributed by atoms with Gasteiger partial charge >= 0.3 is 0 Å². The quantitative estimate of drug-likeness (QED) is 0.792. The van der Waals surface area contributed by atoms with Crippen LogP contribution in [0.2, 0.25) is 0 Å². The van der Waals surface area contributed by atoms with E-state index in [0.717, 1.165) is 11.3 Å². The van der Waals surface area contributed by atoms with Crippen LogP contribution in [0.4, 0.5) is 0 Å². The lowest BCUT2D eigenvalue weighted by atomic mass is 10.1. The van der Waals surface area contributed by atoms with E-state index in [1.807, 2.05) is 24.3 Å². The summed E-state index contributed by atoms with van der Waals surface area (Å²) >= 11 is 0. The first-order chi connectivity index (χ1) is 9.58. The van der Waals surface area contributed by atoms with Gasteiger partial charge in [0, 0.05) is 6.42 Å². The van der Waals surface area contributed by atoms with Gasteiger partial charge in [0.15, 0.2) is 0 Å². The first-order valence-corrected chi connectivity index (χ1v) is 6.32. The van der Waals surface area contributed by atoms with Crippen molar-refractivity contribution in [3.63, 3.8) is 0 Å². The van der Waals surface area contributed by atoms with Crippen LogP contribution in [-0.4, -0.2) is 42.8 Å². The highest BCUT2D eigenvalue weighted by Gasteiger charge is 2.25. The van der Waals surface area contributed by atoms with Crippen LogP contribution in [0.15, 0.2) is 24.3 Å². The van der Waals surface area contributed by atoms with E-state index in [2.05, 4.69) is 5.32 Å². The van der Waals surface area contributed by atoms with Crippen LogP contribution in [0.1, 0.15) is 12.0 Å². The fourth-order valence-corrected chi connectivity index (χ4v) is 2.05. The number of amides is 3. The predicted octanol–water partition coefficient (Wildman–Crippen LogP) is 0.113. The number of rotatable bonds is 4. The maximum absolute atomic E-state index is 12.0. The Bertz CT molecular complexity index is 526. The van der Waals surface area contributed by atoms with Gasteiger partial charge < -0.3 is 9.64 Å². The van der Waals surface area contributed by atoms with Crippen LogP contribution in [0.5, 0.6) is 5.75 Å². The van der Waals surface area contributed by atoms with Gasteiger partial charge in [0.1, 0.15) is 18.8 Å². The molecule has 0 atom stereocenters. The molecule has 6 heteroatoms. The van der Waals surface area contributed by atoms with Gasteiger partial charge in [-0.2, -0.15) is 0 Å². The van der Waals surface area contributed by atoms with Gasteiger partial charge in [0.2, 0.25) is 17.7 Å². The zero-order chi connectivity index (χ0) is 14.5. The van der Waals surface area contributed by atoms with Crippen LogP contribution < -0.4 is 10.1 Å². The number of benzene rings is 1. The lowest BCUT2D eigenvalue weighted by Gasteiger charge is -2.25. The molecule has 0 bridgehead atoms. The van der Waals surface area contributed by atoms with Gasteiger partial charge in [-0.05, 0) is 24.1 Å². The summed E-state index contributed by atoms with van der Waals surface area (Å²) in [6.07, 6.45) is 0.802. The summed E-state index contributed by atoms with van der Waals surface area (Å²) in [5.41, 5.74) is 0.977. The molecule has 1 heterocycles. The predicted molar refractivity (Wildman–Crippen MR) is 71.0 cm³/mol. The molecule has 1 aliphatic rings. The molecule has 3 amide bonds. The number of carbonyl (C=O) groups excluding carboxylic acids is 3. The Morgan fingerprint density at radius 1 is 1.30 bits per heavy atom. The second-order valence-electron chi connectivity index (χ2n) is 4.57. The molecular weight excluding hydrogens is 260 g/mol. The van der Waals surface area contributed by atoms with E-state index in [0.29, 0.717) is 6.42 Å². The maximum atomic E-state index is 12.0. The summed E-state index contributed by atoms with van der Waals surface area (Å²) in [4.78, 5) is 35.7. The fourth-order valence-electron chi connectivity index (χ4n) is 2.05. The van der Waals surface area contributed by atoms with Crippen molar-refractivity contribution in [2.45, 2.75) is 12.8 Å². The number of nitrogens with zero attached hydrogens (tertiary/aromatic N) is 1. The summed E-state index contributed by atoms with van der Waals surface area (Å²) < 4.78 is 5.11. The Balaban J connectivity index is 1.91. The van der Waals surface area contributed by atoms with E-state index in [9.17, 15) is 14.4 Å². The number of piperazine rings is 1. The normalized spacial score (nSPS) is 14.9. The van der Waals surface area contributed by atoms with Gasteiger partial charge in [0.25, 0.3) is 0 Å². The topological polar surface area (TPSA) is 75.7 Å². The summed E-state index contributed by atoms with van der Waals surface area (Å²) in [5, 5.41) is 2.16. The minimum atomic E-state index is -0.434. The Morgan fingerprint density at radius 3 is 2.65 bits per heavy atom. The molecule has 1 aliphatic heterocycles. The van der Waals surface area contributed by atoms with Crippen LogP contribution in [0.3, 0.4) is 0 Å². The van der Waals surface area contributed by atoms with E-state index < -0.39 is 11.8 Å². The second-order valence-corrected chi connectivity index (χ2v) is 4.57. The molecule has 0 aromatic heterocycles. The Hall–Kier alpha value is -2.37. The number of hydrogen-bond acceptors (Lipinski definition) is 4. The fraction of sp³-hybridized carbons (Fsp3) is 0.357. The molecule has 2 rings (SSSR count). The van der Waals surface area contributed by atoms with Crippen molar-refractivity contribution in [1.29, 1.82) is 0 Å². The highest BCUT2D eigenvalue weighted by molar-refractivity contribution is 6.02. The molecule has 0 unspecified atom stereocenters. The number of aryl methyl sites for hydroxylation is 1. The minimum Gasteiger partial charge on any atom is -0.497 e. The summed E-state index contributed by atoms with van der Waals surface area (Å²) in [6, 6.07) is 7.46. The van der Waals surface area contributed by atoms with E-state index in [1.54, 1.807) is 7.11 Å². The van der Waals surface area contributed by atoms with Crippen molar-refractivity contribution in [3.05, 3.63) is 29.8 Å². The molecular formula is C14H16N2O4. The van der Waals surface area contributed by atoms with Crippen molar-refractivity contribution >= 4 is 17.7 Å². The lowest BCUT2D eigenvalue weighted by molar-refractivity contribution is -0.145. The molecule has 0 aliphatic carbocycles. The van der Waals surface area contributed by atoms with Gasteiger partial charge in [-0.15, -0.1) is 0 Å². The third-order valence-corrected chi connectivity index (χ3v) is 3.06. The summed E-state index contributed by atoms with van der Waals surface area (Å²) in [6.45, 7) is -0.106. The van der Waals surface area contributed by atoms with Crippen molar-refractivity contribution in [1.82, 2.24) is 10.2 Å². The molecule has 6 nitrogen and oxygen atoms in total. The highest BCUT2D eigenvalue weighted by atomic mass is 16.5.